The van der Waals surface area contributed by atoms with Gasteiger partial charge in [0.05, 0.1) is 13.2 Å². The summed E-state index contributed by atoms with van der Waals surface area (Å²) in [6.07, 6.45) is 2.95. The molecule has 0 fully saturated rings. The fourth-order valence-electron chi connectivity index (χ4n) is 2.05. The summed E-state index contributed by atoms with van der Waals surface area (Å²) in [5.74, 6) is 0.895. The van der Waals surface area contributed by atoms with E-state index in [1.54, 1.807) is 18.4 Å². The number of nitrogens with one attached hydrogen (secondary N) is 1. The molecular weight excluding hydrogens is 270 g/mol. The average molecular weight is 291 g/mol. The molecule has 1 atom stereocenters. The molecule has 0 bridgehead atoms. The molecule has 2 aromatic rings. The quantitative estimate of drug-likeness (QED) is 0.852. The summed E-state index contributed by atoms with van der Waals surface area (Å²) in [6.45, 7) is 2.15. The van der Waals surface area contributed by atoms with E-state index >= 15 is 0 Å². The largest absolute Gasteiger partial charge is 0.497 e. The molecule has 0 amide bonds. The van der Waals surface area contributed by atoms with E-state index in [-0.39, 0.29) is 0 Å². The molecule has 0 saturated carbocycles. The number of rotatable bonds is 7. The van der Waals surface area contributed by atoms with Crippen molar-refractivity contribution in [2.24, 2.45) is 0 Å². The van der Waals surface area contributed by atoms with Crippen molar-refractivity contribution >= 4 is 11.3 Å². The Bertz CT molecular complexity index is 520. The Balaban J connectivity index is 1.93. The van der Waals surface area contributed by atoms with Gasteiger partial charge in [0.2, 0.25) is 0 Å². The fourth-order valence-corrected chi connectivity index (χ4v) is 3.09. The maximum absolute atomic E-state index is 5.16. The SMILES string of the molecule is CCC(NC)c1nnc(CCc2ccc(OC)cc2)s1. The summed E-state index contributed by atoms with van der Waals surface area (Å²) in [7, 11) is 3.65. The maximum atomic E-state index is 5.16. The Morgan fingerprint density at radius 1 is 1.20 bits per heavy atom. The summed E-state index contributed by atoms with van der Waals surface area (Å²) >= 11 is 1.71. The van der Waals surface area contributed by atoms with Gasteiger partial charge in [0.15, 0.2) is 0 Å². The van der Waals surface area contributed by atoms with Gasteiger partial charge in [-0.3, -0.25) is 0 Å². The highest BCUT2D eigenvalue weighted by Crippen LogP contribution is 2.21. The lowest BCUT2D eigenvalue weighted by Gasteiger charge is -2.08. The number of hydrogen-bond donors (Lipinski definition) is 1. The molecule has 1 heterocycles. The van der Waals surface area contributed by atoms with Crippen molar-refractivity contribution in [3.63, 3.8) is 0 Å². The number of aromatic nitrogens is 2. The highest BCUT2D eigenvalue weighted by molar-refractivity contribution is 7.11. The molecule has 0 aliphatic heterocycles. The van der Waals surface area contributed by atoms with E-state index in [0.717, 1.165) is 35.0 Å². The lowest BCUT2D eigenvalue weighted by molar-refractivity contribution is 0.414. The number of nitrogens with zero attached hydrogens (tertiary/aromatic N) is 2. The van der Waals surface area contributed by atoms with Gasteiger partial charge < -0.3 is 10.1 Å². The molecule has 108 valence electrons. The molecule has 0 radical (unpaired) electrons. The van der Waals surface area contributed by atoms with Crippen LogP contribution in [0.3, 0.4) is 0 Å². The van der Waals surface area contributed by atoms with Crippen LogP contribution in [0, 0.1) is 0 Å². The monoisotopic (exact) mass is 291 g/mol. The lowest BCUT2D eigenvalue weighted by Crippen LogP contribution is -2.14. The molecule has 20 heavy (non-hydrogen) atoms. The summed E-state index contributed by atoms with van der Waals surface area (Å²) in [4.78, 5) is 0. The van der Waals surface area contributed by atoms with Crippen LogP contribution >= 0.6 is 11.3 Å². The topological polar surface area (TPSA) is 47.0 Å². The van der Waals surface area contributed by atoms with Crippen LogP contribution in [0.15, 0.2) is 24.3 Å². The van der Waals surface area contributed by atoms with Crippen LogP contribution in [0.4, 0.5) is 0 Å². The normalized spacial score (nSPS) is 12.3. The first-order chi connectivity index (χ1) is 9.76. The Morgan fingerprint density at radius 2 is 1.95 bits per heavy atom. The summed E-state index contributed by atoms with van der Waals surface area (Å²) < 4.78 is 5.16. The maximum Gasteiger partial charge on any atom is 0.134 e. The number of benzene rings is 1. The third kappa shape index (κ3) is 3.77. The Labute approximate surface area is 124 Å². The van der Waals surface area contributed by atoms with E-state index < -0.39 is 0 Å². The van der Waals surface area contributed by atoms with Crippen LogP contribution in [-0.2, 0) is 12.8 Å². The van der Waals surface area contributed by atoms with Crippen LogP contribution in [0.1, 0.15) is 35.0 Å². The van der Waals surface area contributed by atoms with Crippen molar-refractivity contribution in [2.75, 3.05) is 14.2 Å². The number of hydrogen-bond acceptors (Lipinski definition) is 5. The Hall–Kier alpha value is -1.46. The van der Waals surface area contributed by atoms with E-state index in [1.807, 2.05) is 19.2 Å². The predicted octanol–water partition coefficient (Wildman–Crippen LogP) is 3.00. The van der Waals surface area contributed by atoms with Gasteiger partial charge in [-0.05, 0) is 37.6 Å². The van der Waals surface area contributed by atoms with Gasteiger partial charge in [-0.25, -0.2) is 0 Å². The van der Waals surface area contributed by atoms with Crippen molar-refractivity contribution in [3.8, 4) is 5.75 Å². The van der Waals surface area contributed by atoms with Crippen LogP contribution in [0.25, 0.3) is 0 Å². The molecule has 1 aromatic carbocycles. The first-order valence-corrected chi connectivity index (χ1v) is 7.71. The first-order valence-electron chi connectivity index (χ1n) is 6.89. The molecule has 4 nitrogen and oxygen atoms in total. The molecular formula is C15H21N3OS. The summed E-state index contributed by atoms with van der Waals surface area (Å²) in [6, 6.07) is 8.51. The second kappa shape index (κ2) is 7.36. The second-order valence-corrected chi connectivity index (χ2v) is 5.73. The van der Waals surface area contributed by atoms with E-state index in [0.29, 0.717) is 6.04 Å². The van der Waals surface area contributed by atoms with Gasteiger partial charge in [0, 0.05) is 6.42 Å². The van der Waals surface area contributed by atoms with Gasteiger partial charge in [-0.1, -0.05) is 30.4 Å². The van der Waals surface area contributed by atoms with Crippen LogP contribution in [-0.4, -0.2) is 24.4 Å². The first kappa shape index (κ1) is 14.9. The van der Waals surface area contributed by atoms with Crippen LogP contribution < -0.4 is 10.1 Å². The second-order valence-electron chi connectivity index (χ2n) is 4.63. The fraction of sp³-hybridized carbons (Fsp3) is 0.467. The van der Waals surface area contributed by atoms with Crippen molar-refractivity contribution in [1.82, 2.24) is 15.5 Å². The zero-order chi connectivity index (χ0) is 14.4. The van der Waals surface area contributed by atoms with Crippen LogP contribution in [0.5, 0.6) is 5.75 Å². The zero-order valence-corrected chi connectivity index (χ0v) is 13.0. The van der Waals surface area contributed by atoms with Crippen molar-refractivity contribution in [2.45, 2.75) is 32.2 Å². The average Bonchev–Trinajstić information content (AvgIpc) is 2.96. The molecule has 1 unspecified atom stereocenters. The van der Waals surface area contributed by atoms with Crippen molar-refractivity contribution in [1.29, 1.82) is 0 Å². The minimum absolute atomic E-state index is 0.322. The van der Waals surface area contributed by atoms with Gasteiger partial charge in [-0.2, -0.15) is 0 Å². The zero-order valence-electron chi connectivity index (χ0n) is 12.2. The van der Waals surface area contributed by atoms with Crippen molar-refractivity contribution in [3.05, 3.63) is 39.8 Å². The standard InChI is InChI=1S/C15H21N3OS/c1-4-13(16-2)15-18-17-14(20-15)10-7-11-5-8-12(19-3)9-6-11/h5-6,8-9,13,16H,4,7,10H2,1-3H3. The van der Waals surface area contributed by atoms with Crippen LogP contribution in [0.2, 0.25) is 0 Å². The third-order valence-electron chi connectivity index (χ3n) is 3.32. The molecule has 0 spiro atoms. The van der Waals surface area contributed by atoms with E-state index in [9.17, 15) is 0 Å². The lowest BCUT2D eigenvalue weighted by atomic mass is 10.1. The molecule has 0 aliphatic rings. The number of methoxy groups -OCH3 is 1. The predicted molar refractivity (Wildman–Crippen MR) is 82.4 cm³/mol. The van der Waals surface area contributed by atoms with Gasteiger partial charge in [-0.15, -0.1) is 10.2 Å². The van der Waals surface area contributed by atoms with Crippen molar-refractivity contribution < 1.29 is 4.74 Å². The van der Waals surface area contributed by atoms with Gasteiger partial charge >= 0.3 is 0 Å². The summed E-state index contributed by atoms with van der Waals surface area (Å²) in [5.41, 5.74) is 1.29. The highest BCUT2D eigenvalue weighted by Gasteiger charge is 2.12. The van der Waals surface area contributed by atoms with E-state index in [2.05, 4.69) is 34.6 Å². The number of aryl methyl sites for hydroxylation is 2. The summed E-state index contributed by atoms with van der Waals surface area (Å²) in [5, 5.41) is 14.0. The minimum Gasteiger partial charge on any atom is -0.497 e. The minimum atomic E-state index is 0.322. The molecule has 0 aliphatic carbocycles. The van der Waals surface area contributed by atoms with E-state index in [4.69, 9.17) is 4.74 Å². The Morgan fingerprint density at radius 3 is 2.55 bits per heavy atom. The van der Waals surface area contributed by atoms with Gasteiger partial charge in [0.1, 0.15) is 15.8 Å². The number of ether oxygens (including phenoxy) is 1. The molecule has 2 rings (SSSR count). The van der Waals surface area contributed by atoms with Gasteiger partial charge in [0.25, 0.3) is 0 Å². The molecule has 1 aromatic heterocycles. The highest BCUT2D eigenvalue weighted by atomic mass is 32.1. The molecule has 0 saturated heterocycles. The Kier molecular flexibility index (Phi) is 5.49. The molecule has 5 heteroatoms. The third-order valence-corrected chi connectivity index (χ3v) is 4.42. The smallest absolute Gasteiger partial charge is 0.134 e. The molecule has 1 N–H and O–H groups in total. The van der Waals surface area contributed by atoms with E-state index in [1.165, 1.54) is 5.56 Å².